The molecule has 0 aliphatic heterocycles. The summed E-state index contributed by atoms with van der Waals surface area (Å²) in [6, 6.07) is 43.9. The molecular formula is C34H19N3S. The molecule has 0 aliphatic rings. The Hall–Kier alpha value is -5.16. The molecule has 0 saturated carbocycles. The highest BCUT2D eigenvalue weighted by atomic mass is 32.1. The third-order valence-electron chi connectivity index (χ3n) is 7.05. The second kappa shape index (κ2) is 8.75. The van der Waals surface area contributed by atoms with E-state index in [1.165, 1.54) is 20.2 Å². The van der Waals surface area contributed by atoms with Crippen LogP contribution in [0.2, 0.25) is 0 Å². The van der Waals surface area contributed by atoms with Gasteiger partial charge in [-0.15, -0.1) is 11.3 Å². The topological polar surface area (TPSA) is 50.8 Å². The van der Waals surface area contributed by atoms with Gasteiger partial charge in [-0.1, -0.05) is 54.6 Å². The lowest BCUT2D eigenvalue weighted by Gasteiger charge is -2.27. The molecule has 3 nitrogen and oxygen atoms in total. The van der Waals surface area contributed by atoms with Crippen molar-refractivity contribution in [1.29, 1.82) is 10.5 Å². The minimum absolute atomic E-state index is 0.641. The quantitative estimate of drug-likeness (QED) is 0.242. The minimum atomic E-state index is 0.641. The predicted molar refractivity (Wildman–Crippen MR) is 158 cm³/mol. The molecular weight excluding hydrogens is 482 g/mol. The molecule has 1 heterocycles. The molecule has 176 valence electrons. The largest absolute Gasteiger partial charge is 0.309 e. The van der Waals surface area contributed by atoms with Gasteiger partial charge in [-0.25, -0.2) is 0 Å². The monoisotopic (exact) mass is 501 g/mol. The van der Waals surface area contributed by atoms with Gasteiger partial charge in [0, 0.05) is 26.8 Å². The highest BCUT2D eigenvalue weighted by Crippen LogP contribution is 2.45. The maximum Gasteiger partial charge on any atom is 0.0991 e. The fourth-order valence-corrected chi connectivity index (χ4v) is 6.43. The second-order valence-corrected chi connectivity index (χ2v) is 10.4. The Morgan fingerprint density at radius 1 is 0.526 bits per heavy atom. The Morgan fingerprint density at radius 3 is 1.74 bits per heavy atom. The van der Waals surface area contributed by atoms with Crippen LogP contribution in [0.25, 0.3) is 41.7 Å². The van der Waals surface area contributed by atoms with Crippen LogP contribution in [0, 0.1) is 22.7 Å². The molecule has 0 unspecified atom stereocenters. The van der Waals surface area contributed by atoms with Gasteiger partial charge in [-0.05, 0) is 82.2 Å². The maximum atomic E-state index is 9.48. The van der Waals surface area contributed by atoms with Crippen molar-refractivity contribution in [3.05, 3.63) is 126 Å². The average Bonchev–Trinajstić information content (AvgIpc) is 3.36. The smallest absolute Gasteiger partial charge is 0.0991 e. The van der Waals surface area contributed by atoms with Crippen LogP contribution in [0.1, 0.15) is 11.1 Å². The molecule has 4 heteroatoms. The van der Waals surface area contributed by atoms with Gasteiger partial charge in [0.1, 0.15) is 0 Å². The molecule has 7 rings (SSSR count). The van der Waals surface area contributed by atoms with Gasteiger partial charge in [0.2, 0.25) is 0 Å². The summed E-state index contributed by atoms with van der Waals surface area (Å²) in [6.45, 7) is 0. The first-order valence-corrected chi connectivity index (χ1v) is 13.1. The summed E-state index contributed by atoms with van der Waals surface area (Å²) in [5.41, 5.74) is 4.39. The van der Waals surface area contributed by atoms with Crippen LogP contribution in [-0.2, 0) is 0 Å². The highest BCUT2D eigenvalue weighted by Gasteiger charge is 2.18. The van der Waals surface area contributed by atoms with Gasteiger partial charge in [0.05, 0.1) is 33.7 Å². The number of nitrogens with zero attached hydrogens (tertiary/aromatic N) is 3. The normalized spacial score (nSPS) is 11.1. The Kier molecular flexibility index (Phi) is 5.08. The van der Waals surface area contributed by atoms with E-state index in [1.807, 2.05) is 36.4 Å². The van der Waals surface area contributed by atoms with Crippen LogP contribution in [0.15, 0.2) is 115 Å². The van der Waals surface area contributed by atoms with Crippen LogP contribution in [0.4, 0.5) is 17.1 Å². The molecule has 1 aromatic heterocycles. The van der Waals surface area contributed by atoms with Crippen molar-refractivity contribution < 1.29 is 0 Å². The summed E-state index contributed by atoms with van der Waals surface area (Å²) < 4.78 is 2.47. The molecule has 0 spiro atoms. The van der Waals surface area contributed by atoms with Gasteiger partial charge in [0.25, 0.3) is 0 Å². The molecule has 0 radical (unpaired) electrons. The molecule has 0 bridgehead atoms. The predicted octanol–water partition coefficient (Wildman–Crippen LogP) is 9.57. The number of hydrogen-bond donors (Lipinski definition) is 0. The standard InChI is InChI=1S/C34H19N3S/c35-20-22-8-10-24-12-14-28(18-26(24)16-22)37(29-15-13-25-11-9-23(21-36)17-27(25)19-29)32-6-3-5-31-30-4-1-2-7-33(30)38-34(31)32/h1-19H. The number of benzene rings is 6. The Labute approximate surface area is 223 Å². The summed E-state index contributed by atoms with van der Waals surface area (Å²) in [6.07, 6.45) is 0. The molecule has 0 saturated heterocycles. The first kappa shape index (κ1) is 22.1. The van der Waals surface area contributed by atoms with Crippen LogP contribution >= 0.6 is 11.3 Å². The van der Waals surface area contributed by atoms with E-state index in [9.17, 15) is 10.5 Å². The van der Waals surface area contributed by atoms with Crippen molar-refractivity contribution >= 4 is 70.1 Å². The van der Waals surface area contributed by atoms with Crippen molar-refractivity contribution in [1.82, 2.24) is 0 Å². The lowest BCUT2D eigenvalue weighted by atomic mass is 10.0. The van der Waals surface area contributed by atoms with Crippen LogP contribution in [0.3, 0.4) is 0 Å². The van der Waals surface area contributed by atoms with E-state index in [2.05, 4.69) is 95.9 Å². The van der Waals surface area contributed by atoms with Crippen LogP contribution in [-0.4, -0.2) is 0 Å². The van der Waals surface area contributed by atoms with Gasteiger partial charge in [0.15, 0.2) is 0 Å². The molecule has 6 aromatic carbocycles. The SMILES string of the molecule is N#Cc1ccc2ccc(N(c3ccc4ccc(C#N)cc4c3)c3cccc4c3sc3ccccc34)cc2c1. The van der Waals surface area contributed by atoms with E-state index in [4.69, 9.17) is 0 Å². The summed E-state index contributed by atoms with van der Waals surface area (Å²) in [4.78, 5) is 2.29. The molecule has 7 aromatic rings. The lowest BCUT2D eigenvalue weighted by molar-refractivity contribution is 1.31. The Bertz CT molecular complexity index is 2030. The molecule has 38 heavy (non-hydrogen) atoms. The highest BCUT2D eigenvalue weighted by molar-refractivity contribution is 7.26. The van der Waals surface area contributed by atoms with E-state index in [-0.39, 0.29) is 0 Å². The van der Waals surface area contributed by atoms with Gasteiger partial charge in [-0.3, -0.25) is 0 Å². The molecule has 0 amide bonds. The zero-order valence-electron chi connectivity index (χ0n) is 20.2. The second-order valence-electron chi connectivity index (χ2n) is 9.30. The fraction of sp³-hybridized carbons (Fsp3) is 0. The number of rotatable bonds is 3. The Balaban J connectivity index is 1.52. The third-order valence-corrected chi connectivity index (χ3v) is 8.26. The van der Waals surface area contributed by atoms with E-state index in [0.717, 1.165) is 38.6 Å². The van der Waals surface area contributed by atoms with Crippen LogP contribution in [0.5, 0.6) is 0 Å². The summed E-state index contributed by atoms with van der Waals surface area (Å²) in [5.74, 6) is 0. The molecule has 0 aliphatic carbocycles. The molecule has 0 atom stereocenters. The number of hydrogen-bond acceptors (Lipinski definition) is 4. The van der Waals surface area contributed by atoms with Gasteiger partial charge in [-0.2, -0.15) is 10.5 Å². The van der Waals surface area contributed by atoms with Crippen LogP contribution < -0.4 is 4.90 Å². The van der Waals surface area contributed by atoms with Crippen molar-refractivity contribution in [3.63, 3.8) is 0 Å². The average molecular weight is 502 g/mol. The third kappa shape index (κ3) is 3.56. The first-order valence-electron chi connectivity index (χ1n) is 12.3. The van der Waals surface area contributed by atoms with Crippen molar-refractivity contribution in [2.75, 3.05) is 4.90 Å². The van der Waals surface area contributed by atoms with E-state index in [0.29, 0.717) is 11.1 Å². The zero-order valence-corrected chi connectivity index (χ0v) is 21.0. The van der Waals surface area contributed by atoms with Gasteiger partial charge < -0.3 is 4.90 Å². The van der Waals surface area contributed by atoms with Crippen molar-refractivity contribution in [2.24, 2.45) is 0 Å². The fourth-order valence-electron chi connectivity index (χ4n) is 5.22. The number of anilines is 3. The lowest BCUT2D eigenvalue weighted by Crippen LogP contribution is -2.10. The molecule has 0 fully saturated rings. The van der Waals surface area contributed by atoms with E-state index in [1.54, 1.807) is 11.3 Å². The number of nitriles is 2. The summed E-state index contributed by atoms with van der Waals surface area (Å²) in [7, 11) is 0. The maximum absolute atomic E-state index is 9.48. The van der Waals surface area contributed by atoms with Crippen molar-refractivity contribution in [3.8, 4) is 12.1 Å². The number of fused-ring (bicyclic) bond motifs is 5. The summed E-state index contributed by atoms with van der Waals surface area (Å²) >= 11 is 1.80. The minimum Gasteiger partial charge on any atom is -0.309 e. The zero-order chi connectivity index (χ0) is 25.6. The first-order chi connectivity index (χ1) is 18.7. The van der Waals surface area contributed by atoms with E-state index >= 15 is 0 Å². The summed E-state index contributed by atoms with van der Waals surface area (Å²) in [5, 5.41) is 25.7. The molecule has 0 N–H and O–H groups in total. The van der Waals surface area contributed by atoms with E-state index < -0.39 is 0 Å². The number of thiophene rings is 1. The van der Waals surface area contributed by atoms with Crippen molar-refractivity contribution in [2.45, 2.75) is 0 Å². The van der Waals surface area contributed by atoms with Gasteiger partial charge >= 0.3 is 0 Å². The Morgan fingerprint density at radius 2 is 1.11 bits per heavy atom.